The molecule has 2 amide bonds. The van der Waals surface area contributed by atoms with Gasteiger partial charge in [-0.3, -0.25) is 9.59 Å². The van der Waals surface area contributed by atoms with Gasteiger partial charge in [-0.1, -0.05) is 0 Å². The minimum Gasteiger partial charge on any atom is -0.495 e. The van der Waals surface area contributed by atoms with Crippen LogP contribution in [0.15, 0.2) is 42.5 Å². The quantitative estimate of drug-likeness (QED) is 0.785. The number of amides is 2. The largest absolute Gasteiger partial charge is 0.495 e. The minimum atomic E-state index is -4.42. The van der Waals surface area contributed by atoms with Gasteiger partial charge in [0.15, 0.2) is 0 Å². The molecular weight excluding hydrogens is 389 g/mol. The summed E-state index contributed by atoms with van der Waals surface area (Å²) in [6.45, 7) is 0.259. The van der Waals surface area contributed by atoms with E-state index in [1.165, 1.54) is 25.3 Å². The molecule has 1 heterocycles. The molecule has 0 aromatic heterocycles. The molecule has 29 heavy (non-hydrogen) atoms. The second kappa shape index (κ2) is 8.42. The standard InChI is InChI=1S/C20H19F3N2O4/c1-28-17-8-7-15(29-14-5-3-13(4-6-14)20(21,22)23)10-16(17)25-19(27)12-2-9-18(26)24-11-12/h3-8,10,12H,2,9,11H2,1H3,(H,24,26)(H,25,27)/t12-/m0/s1. The number of methoxy groups -OCH3 is 1. The number of carbonyl (C=O) groups excluding carboxylic acids is 2. The lowest BCUT2D eigenvalue weighted by Gasteiger charge is -2.22. The molecule has 1 fully saturated rings. The maximum atomic E-state index is 12.7. The lowest BCUT2D eigenvalue weighted by Crippen LogP contribution is -2.40. The Hall–Kier alpha value is -3.23. The fourth-order valence-corrected chi connectivity index (χ4v) is 2.89. The Labute approximate surface area is 165 Å². The molecule has 0 spiro atoms. The highest BCUT2D eigenvalue weighted by molar-refractivity contribution is 5.95. The van der Waals surface area contributed by atoms with E-state index in [9.17, 15) is 22.8 Å². The predicted octanol–water partition coefficient (Wildman–Crippen LogP) is 3.97. The van der Waals surface area contributed by atoms with E-state index in [0.717, 1.165) is 12.1 Å². The third kappa shape index (κ3) is 5.18. The summed E-state index contributed by atoms with van der Waals surface area (Å²) in [6, 6.07) is 8.98. The van der Waals surface area contributed by atoms with Crippen molar-refractivity contribution < 1.29 is 32.2 Å². The monoisotopic (exact) mass is 408 g/mol. The average Bonchev–Trinajstić information content (AvgIpc) is 2.68. The van der Waals surface area contributed by atoms with Crippen molar-refractivity contribution in [3.05, 3.63) is 48.0 Å². The molecule has 2 aromatic carbocycles. The summed E-state index contributed by atoms with van der Waals surface area (Å²) < 4.78 is 48.8. The van der Waals surface area contributed by atoms with E-state index in [1.807, 2.05) is 0 Å². The summed E-state index contributed by atoms with van der Waals surface area (Å²) in [7, 11) is 1.45. The third-order valence-electron chi connectivity index (χ3n) is 4.48. The van der Waals surface area contributed by atoms with E-state index in [0.29, 0.717) is 23.6 Å². The average molecular weight is 408 g/mol. The third-order valence-corrected chi connectivity index (χ3v) is 4.48. The number of carbonyl (C=O) groups is 2. The van der Waals surface area contributed by atoms with E-state index in [-0.39, 0.29) is 36.4 Å². The Morgan fingerprint density at radius 1 is 1.14 bits per heavy atom. The highest BCUT2D eigenvalue weighted by Crippen LogP contribution is 2.34. The lowest BCUT2D eigenvalue weighted by atomic mass is 9.98. The second-order valence-corrected chi connectivity index (χ2v) is 6.52. The van der Waals surface area contributed by atoms with Crippen LogP contribution in [0.5, 0.6) is 17.2 Å². The first-order chi connectivity index (χ1) is 13.8. The molecule has 1 saturated heterocycles. The number of piperidine rings is 1. The number of hydrogen-bond donors (Lipinski definition) is 2. The number of ether oxygens (including phenoxy) is 2. The van der Waals surface area contributed by atoms with Crippen LogP contribution < -0.4 is 20.1 Å². The van der Waals surface area contributed by atoms with Crippen molar-refractivity contribution in [3.8, 4) is 17.2 Å². The highest BCUT2D eigenvalue weighted by Gasteiger charge is 2.30. The molecule has 0 saturated carbocycles. The second-order valence-electron chi connectivity index (χ2n) is 6.52. The Morgan fingerprint density at radius 2 is 1.83 bits per heavy atom. The number of hydrogen-bond acceptors (Lipinski definition) is 4. The van der Waals surface area contributed by atoms with Crippen LogP contribution in [0, 0.1) is 5.92 Å². The maximum absolute atomic E-state index is 12.7. The van der Waals surface area contributed by atoms with Crippen LogP contribution in [0.1, 0.15) is 18.4 Å². The van der Waals surface area contributed by atoms with Crippen molar-refractivity contribution in [1.29, 1.82) is 0 Å². The summed E-state index contributed by atoms with van der Waals surface area (Å²) >= 11 is 0. The SMILES string of the molecule is COc1ccc(Oc2ccc(C(F)(F)F)cc2)cc1NC(=O)[C@H]1CCC(=O)NC1. The molecule has 2 N–H and O–H groups in total. The molecule has 2 aromatic rings. The van der Waals surface area contributed by atoms with Gasteiger partial charge in [0.1, 0.15) is 17.2 Å². The van der Waals surface area contributed by atoms with Crippen molar-refractivity contribution in [3.63, 3.8) is 0 Å². The zero-order chi connectivity index (χ0) is 21.0. The maximum Gasteiger partial charge on any atom is 0.416 e. The number of alkyl halides is 3. The van der Waals surface area contributed by atoms with Crippen LogP contribution in [-0.4, -0.2) is 25.5 Å². The lowest BCUT2D eigenvalue weighted by molar-refractivity contribution is -0.137. The van der Waals surface area contributed by atoms with Gasteiger partial charge in [0, 0.05) is 19.0 Å². The van der Waals surface area contributed by atoms with Gasteiger partial charge in [0.25, 0.3) is 0 Å². The minimum absolute atomic E-state index is 0.0847. The van der Waals surface area contributed by atoms with Crippen LogP contribution >= 0.6 is 0 Å². The van der Waals surface area contributed by atoms with E-state index >= 15 is 0 Å². The molecule has 3 rings (SSSR count). The van der Waals surface area contributed by atoms with Crippen LogP contribution in [0.25, 0.3) is 0 Å². The van der Waals surface area contributed by atoms with Gasteiger partial charge in [0.2, 0.25) is 11.8 Å². The first-order valence-electron chi connectivity index (χ1n) is 8.87. The van der Waals surface area contributed by atoms with Crippen LogP contribution in [0.3, 0.4) is 0 Å². The van der Waals surface area contributed by atoms with E-state index in [4.69, 9.17) is 9.47 Å². The molecule has 0 aliphatic carbocycles. The summed E-state index contributed by atoms with van der Waals surface area (Å²) in [5.74, 6) is 0.219. The number of halogens is 3. The predicted molar refractivity (Wildman–Crippen MR) is 98.9 cm³/mol. The smallest absolute Gasteiger partial charge is 0.416 e. The first-order valence-corrected chi connectivity index (χ1v) is 8.87. The molecule has 0 unspecified atom stereocenters. The van der Waals surface area contributed by atoms with Gasteiger partial charge >= 0.3 is 6.18 Å². The number of anilines is 1. The molecule has 0 radical (unpaired) electrons. The molecule has 6 nitrogen and oxygen atoms in total. The fraction of sp³-hybridized carbons (Fsp3) is 0.300. The van der Waals surface area contributed by atoms with Crippen LogP contribution in [0.2, 0.25) is 0 Å². The van der Waals surface area contributed by atoms with Gasteiger partial charge < -0.3 is 20.1 Å². The Morgan fingerprint density at radius 3 is 2.41 bits per heavy atom. The number of rotatable bonds is 5. The van der Waals surface area contributed by atoms with Gasteiger partial charge in [-0.15, -0.1) is 0 Å². The molecule has 1 atom stereocenters. The normalized spacial score (nSPS) is 16.7. The highest BCUT2D eigenvalue weighted by atomic mass is 19.4. The van der Waals surface area contributed by atoms with E-state index < -0.39 is 11.7 Å². The van der Waals surface area contributed by atoms with Crippen molar-refractivity contribution in [2.24, 2.45) is 5.92 Å². The molecule has 9 heteroatoms. The van der Waals surface area contributed by atoms with Crippen molar-refractivity contribution in [1.82, 2.24) is 5.32 Å². The van der Waals surface area contributed by atoms with E-state index in [1.54, 1.807) is 12.1 Å². The summed E-state index contributed by atoms with van der Waals surface area (Å²) in [4.78, 5) is 23.7. The molecule has 154 valence electrons. The van der Waals surface area contributed by atoms with Gasteiger partial charge in [-0.05, 0) is 42.8 Å². The number of nitrogens with one attached hydrogen (secondary N) is 2. The molecule has 1 aliphatic heterocycles. The molecule has 1 aliphatic rings. The van der Waals surface area contributed by atoms with Crippen LogP contribution in [0.4, 0.5) is 18.9 Å². The number of benzene rings is 2. The van der Waals surface area contributed by atoms with Gasteiger partial charge in [-0.2, -0.15) is 13.2 Å². The zero-order valence-corrected chi connectivity index (χ0v) is 15.5. The zero-order valence-electron chi connectivity index (χ0n) is 15.5. The van der Waals surface area contributed by atoms with Crippen molar-refractivity contribution in [2.75, 3.05) is 19.0 Å². The topological polar surface area (TPSA) is 76.7 Å². The fourth-order valence-electron chi connectivity index (χ4n) is 2.89. The van der Waals surface area contributed by atoms with Crippen molar-refractivity contribution in [2.45, 2.75) is 19.0 Å². The Kier molecular flexibility index (Phi) is 5.95. The molecule has 0 bridgehead atoms. The first kappa shape index (κ1) is 20.5. The van der Waals surface area contributed by atoms with Crippen LogP contribution in [-0.2, 0) is 15.8 Å². The summed E-state index contributed by atoms with van der Waals surface area (Å²) in [5.41, 5.74) is -0.411. The summed E-state index contributed by atoms with van der Waals surface area (Å²) in [6.07, 6.45) is -3.69. The Balaban J connectivity index is 1.73. The molecular formula is C20H19F3N2O4. The van der Waals surface area contributed by atoms with Gasteiger partial charge in [0.05, 0.1) is 24.3 Å². The van der Waals surface area contributed by atoms with Gasteiger partial charge in [-0.25, -0.2) is 0 Å². The Bertz CT molecular complexity index is 888. The summed E-state index contributed by atoms with van der Waals surface area (Å²) in [5, 5.41) is 5.41. The van der Waals surface area contributed by atoms with E-state index in [2.05, 4.69) is 10.6 Å². The van der Waals surface area contributed by atoms with Crippen molar-refractivity contribution >= 4 is 17.5 Å².